The molecular formula is C19H30FN3O3S. The molecule has 1 aliphatic rings. The molecule has 8 heteroatoms. The fraction of sp³-hybridized carbons (Fsp3) is 0.632. The third kappa shape index (κ3) is 4.67. The number of sulfonamides is 1. The average molecular weight is 400 g/mol. The molecule has 1 heterocycles. The molecule has 1 aromatic carbocycles. The highest BCUT2D eigenvalue weighted by Crippen LogP contribution is 2.21. The largest absolute Gasteiger partial charge is 0.336 e. The fourth-order valence-electron chi connectivity index (χ4n) is 3.60. The summed E-state index contributed by atoms with van der Waals surface area (Å²) in [6.45, 7) is 11.2. The van der Waals surface area contributed by atoms with E-state index in [1.165, 1.54) is 22.5 Å². The van der Waals surface area contributed by atoms with E-state index in [1.54, 1.807) is 0 Å². The van der Waals surface area contributed by atoms with Gasteiger partial charge in [-0.3, -0.25) is 9.69 Å². The van der Waals surface area contributed by atoms with E-state index < -0.39 is 15.8 Å². The van der Waals surface area contributed by atoms with Crippen molar-refractivity contribution in [3.05, 3.63) is 30.1 Å². The van der Waals surface area contributed by atoms with Crippen LogP contribution in [0, 0.1) is 5.82 Å². The number of rotatable bonds is 6. The minimum absolute atomic E-state index is 0.0467. The van der Waals surface area contributed by atoms with Gasteiger partial charge in [0.25, 0.3) is 0 Å². The van der Waals surface area contributed by atoms with Crippen LogP contribution in [0.2, 0.25) is 0 Å². The van der Waals surface area contributed by atoms with Gasteiger partial charge in [0.1, 0.15) is 10.7 Å². The maximum absolute atomic E-state index is 13.9. The summed E-state index contributed by atoms with van der Waals surface area (Å²) in [7, 11) is -3.87. The molecule has 27 heavy (non-hydrogen) atoms. The van der Waals surface area contributed by atoms with Gasteiger partial charge in [-0.25, -0.2) is 12.8 Å². The number of hydrogen-bond acceptors (Lipinski definition) is 4. The van der Waals surface area contributed by atoms with Gasteiger partial charge >= 0.3 is 0 Å². The van der Waals surface area contributed by atoms with Crippen molar-refractivity contribution in [2.75, 3.05) is 26.2 Å². The summed E-state index contributed by atoms with van der Waals surface area (Å²) in [5.41, 5.74) is 0. The van der Waals surface area contributed by atoms with Gasteiger partial charge in [-0.15, -0.1) is 0 Å². The zero-order valence-corrected chi connectivity index (χ0v) is 17.5. The van der Waals surface area contributed by atoms with Crippen molar-refractivity contribution in [1.82, 2.24) is 14.1 Å². The lowest BCUT2D eigenvalue weighted by Crippen LogP contribution is -2.57. The maximum atomic E-state index is 13.9. The van der Waals surface area contributed by atoms with Crippen LogP contribution in [0.4, 0.5) is 4.39 Å². The summed E-state index contributed by atoms with van der Waals surface area (Å²) in [6.07, 6.45) is 0. The quantitative estimate of drug-likeness (QED) is 0.736. The standard InChI is InChI=1S/C19H30FN3O3S/c1-14(2)23(15(3)4)19(24)16(5)21-10-12-22(13-11-21)27(25,26)18-9-7-6-8-17(18)20/h6-9,14-16H,10-13H2,1-5H3/t16-/m1/s1. The predicted molar refractivity (Wildman–Crippen MR) is 103 cm³/mol. The van der Waals surface area contributed by atoms with Crippen LogP contribution in [0.25, 0.3) is 0 Å². The van der Waals surface area contributed by atoms with Crippen molar-refractivity contribution >= 4 is 15.9 Å². The summed E-state index contributed by atoms with van der Waals surface area (Å²) in [6, 6.07) is 5.29. The number of nitrogens with zero attached hydrogens (tertiary/aromatic N) is 3. The van der Waals surface area contributed by atoms with Crippen molar-refractivity contribution < 1.29 is 17.6 Å². The molecule has 0 unspecified atom stereocenters. The van der Waals surface area contributed by atoms with Gasteiger partial charge in [0.2, 0.25) is 15.9 Å². The minimum atomic E-state index is -3.87. The minimum Gasteiger partial charge on any atom is -0.336 e. The van der Waals surface area contributed by atoms with Crippen molar-refractivity contribution in [3.63, 3.8) is 0 Å². The monoisotopic (exact) mass is 399 g/mol. The van der Waals surface area contributed by atoms with Gasteiger partial charge < -0.3 is 4.90 Å². The van der Waals surface area contributed by atoms with E-state index in [9.17, 15) is 17.6 Å². The van der Waals surface area contributed by atoms with Gasteiger partial charge in [-0.1, -0.05) is 12.1 Å². The highest BCUT2D eigenvalue weighted by atomic mass is 32.2. The molecule has 0 aromatic heterocycles. The Balaban J connectivity index is 2.06. The molecule has 0 spiro atoms. The lowest BCUT2D eigenvalue weighted by Gasteiger charge is -2.40. The molecule has 1 fully saturated rings. The normalized spacial score (nSPS) is 18.1. The van der Waals surface area contributed by atoms with E-state index in [4.69, 9.17) is 0 Å². The molecule has 1 amide bonds. The summed E-state index contributed by atoms with van der Waals surface area (Å²) >= 11 is 0. The zero-order valence-electron chi connectivity index (χ0n) is 16.7. The first-order chi connectivity index (χ1) is 12.6. The lowest BCUT2D eigenvalue weighted by molar-refractivity contribution is -0.140. The molecule has 0 bridgehead atoms. The van der Waals surface area contributed by atoms with Crippen LogP contribution in [0.5, 0.6) is 0 Å². The van der Waals surface area contributed by atoms with E-state index >= 15 is 0 Å². The number of hydrogen-bond donors (Lipinski definition) is 0. The predicted octanol–water partition coefficient (Wildman–Crippen LogP) is 2.17. The number of halogens is 1. The van der Waals surface area contributed by atoms with Gasteiger partial charge in [0.15, 0.2) is 0 Å². The lowest BCUT2D eigenvalue weighted by atomic mass is 10.1. The van der Waals surface area contributed by atoms with E-state index in [0.717, 1.165) is 6.07 Å². The third-order valence-electron chi connectivity index (χ3n) is 5.00. The number of amides is 1. The Hall–Kier alpha value is -1.51. The van der Waals surface area contributed by atoms with Crippen LogP contribution >= 0.6 is 0 Å². The highest BCUT2D eigenvalue weighted by molar-refractivity contribution is 7.89. The number of carbonyl (C=O) groups is 1. The maximum Gasteiger partial charge on any atom is 0.246 e. The zero-order chi connectivity index (χ0) is 20.4. The van der Waals surface area contributed by atoms with E-state index in [2.05, 4.69) is 0 Å². The van der Waals surface area contributed by atoms with Crippen molar-refractivity contribution in [2.45, 2.75) is 57.6 Å². The van der Waals surface area contributed by atoms with Crippen LogP contribution in [0.3, 0.4) is 0 Å². The van der Waals surface area contributed by atoms with Crippen LogP contribution in [-0.4, -0.2) is 72.7 Å². The Morgan fingerprint density at radius 1 is 1.00 bits per heavy atom. The van der Waals surface area contributed by atoms with Gasteiger partial charge in [0.05, 0.1) is 6.04 Å². The van der Waals surface area contributed by atoms with Crippen molar-refractivity contribution in [1.29, 1.82) is 0 Å². The topological polar surface area (TPSA) is 60.9 Å². The van der Waals surface area contributed by atoms with Gasteiger partial charge in [0, 0.05) is 38.3 Å². The fourth-order valence-corrected chi connectivity index (χ4v) is 5.09. The molecule has 0 radical (unpaired) electrons. The van der Waals surface area contributed by atoms with E-state index in [-0.39, 0.29) is 42.0 Å². The van der Waals surface area contributed by atoms with E-state index in [0.29, 0.717) is 13.1 Å². The van der Waals surface area contributed by atoms with Crippen LogP contribution in [0.1, 0.15) is 34.6 Å². The summed E-state index contributed by atoms with van der Waals surface area (Å²) < 4.78 is 40.6. The Bertz CT molecular complexity index is 751. The molecule has 1 atom stereocenters. The summed E-state index contributed by atoms with van der Waals surface area (Å²) in [5, 5.41) is 0. The second-order valence-electron chi connectivity index (χ2n) is 7.48. The number of carbonyl (C=O) groups excluding carboxylic acids is 1. The molecule has 2 rings (SSSR count). The Labute approximate surface area is 162 Å². The van der Waals surface area contributed by atoms with Gasteiger partial charge in [-0.2, -0.15) is 4.31 Å². The van der Waals surface area contributed by atoms with Crippen molar-refractivity contribution in [2.24, 2.45) is 0 Å². The molecular weight excluding hydrogens is 369 g/mol. The molecule has 0 saturated carbocycles. The first-order valence-electron chi connectivity index (χ1n) is 9.38. The SMILES string of the molecule is CC(C)N(C(=O)[C@@H](C)N1CCN(S(=O)(=O)c2ccccc2F)CC1)C(C)C. The van der Waals surface area contributed by atoms with Crippen LogP contribution in [0.15, 0.2) is 29.2 Å². The first-order valence-corrected chi connectivity index (χ1v) is 10.8. The second kappa shape index (κ2) is 8.67. The number of benzene rings is 1. The smallest absolute Gasteiger partial charge is 0.246 e. The Kier molecular flexibility index (Phi) is 6.99. The third-order valence-corrected chi connectivity index (χ3v) is 6.93. The Morgan fingerprint density at radius 3 is 2.00 bits per heavy atom. The molecule has 0 N–H and O–H groups in total. The van der Waals surface area contributed by atoms with E-state index in [1.807, 2.05) is 44.4 Å². The highest BCUT2D eigenvalue weighted by Gasteiger charge is 2.35. The molecule has 1 saturated heterocycles. The molecule has 152 valence electrons. The van der Waals surface area contributed by atoms with Crippen LogP contribution in [-0.2, 0) is 14.8 Å². The second-order valence-corrected chi connectivity index (χ2v) is 9.39. The van der Waals surface area contributed by atoms with Crippen molar-refractivity contribution in [3.8, 4) is 0 Å². The van der Waals surface area contributed by atoms with Crippen LogP contribution < -0.4 is 0 Å². The number of piperazine rings is 1. The first kappa shape index (κ1) is 21.8. The Morgan fingerprint density at radius 2 is 1.52 bits per heavy atom. The molecule has 1 aliphatic heterocycles. The summed E-state index contributed by atoms with van der Waals surface area (Å²) in [4.78, 5) is 16.4. The summed E-state index contributed by atoms with van der Waals surface area (Å²) in [5.74, 6) is -0.696. The van der Waals surface area contributed by atoms with Gasteiger partial charge in [-0.05, 0) is 46.8 Å². The molecule has 1 aromatic rings. The molecule has 0 aliphatic carbocycles. The molecule has 6 nitrogen and oxygen atoms in total. The average Bonchev–Trinajstić information content (AvgIpc) is 2.60.